The fourth-order valence-corrected chi connectivity index (χ4v) is 3.56. The van der Waals surface area contributed by atoms with E-state index in [2.05, 4.69) is 0 Å². The average Bonchev–Trinajstić information content (AvgIpc) is 2.62. The zero-order valence-corrected chi connectivity index (χ0v) is 15.5. The topological polar surface area (TPSA) is 52.6 Å². The standard InChI is InChI=1S/C20H15ClO4S/c1-2-24-20(23)25-16-10-4-6-13-7-5-11-17(18(13)16)26-19(22)14-8-3-9-15(21)12-14/h3-12H,2H2,1H3. The number of hydrogen-bond donors (Lipinski definition) is 0. The molecule has 0 bridgehead atoms. The van der Waals surface area contributed by atoms with Gasteiger partial charge in [0.05, 0.1) is 6.61 Å². The second-order valence-corrected chi connectivity index (χ2v) is 6.75. The molecule has 0 amide bonds. The van der Waals surface area contributed by atoms with Crippen molar-refractivity contribution in [1.82, 2.24) is 0 Å². The molecule has 3 aromatic rings. The molecule has 132 valence electrons. The van der Waals surface area contributed by atoms with Gasteiger partial charge in [0.15, 0.2) is 0 Å². The Kier molecular flexibility index (Phi) is 5.81. The van der Waals surface area contributed by atoms with Gasteiger partial charge in [0.1, 0.15) is 5.75 Å². The molecule has 0 radical (unpaired) electrons. The Morgan fingerprint density at radius 3 is 2.50 bits per heavy atom. The summed E-state index contributed by atoms with van der Waals surface area (Å²) in [5.41, 5.74) is 0.503. The molecule has 0 spiro atoms. The number of carbonyl (C=O) groups is 2. The molecular weight excluding hydrogens is 372 g/mol. The summed E-state index contributed by atoms with van der Waals surface area (Å²) in [5.74, 6) is 0.350. The zero-order valence-electron chi connectivity index (χ0n) is 13.9. The highest BCUT2D eigenvalue weighted by Crippen LogP contribution is 2.36. The van der Waals surface area contributed by atoms with Crippen LogP contribution in [0.5, 0.6) is 5.75 Å². The number of halogens is 1. The minimum Gasteiger partial charge on any atom is -0.434 e. The molecule has 0 saturated carbocycles. The first-order chi connectivity index (χ1) is 12.6. The molecular formula is C20H15ClO4S. The summed E-state index contributed by atoms with van der Waals surface area (Å²) in [4.78, 5) is 25.0. The minimum absolute atomic E-state index is 0.147. The third-order valence-corrected chi connectivity index (χ3v) is 4.76. The number of rotatable bonds is 4. The van der Waals surface area contributed by atoms with E-state index in [4.69, 9.17) is 21.1 Å². The summed E-state index contributed by atoms with van der Waals surface area (Å²) in [6, 6.07) is 17.7. The van der Waals surface area contributed by atoms with Crippen molar-refractivity contribution in [3.05, 3.63) is 71.2 Å². The molecule has 0 heterocycles. The summed E-state index contributed by atoms with van der Waals surface area (Å²) >= 11 is 7.03. The lowest BCUT2D eigenvalue weighted by Crippen LogP contribution is -2.10. The van der Waals surface area contributed by atoms with Crippen LogP contribution in [0.1, 0.15) is 17.3 Å². The van der Waals surface area contributed by atoms with Gasteiger partial charge in [0.2, 0.25) is 5.12 Å². The fraction of sp³-hybridized carbons (Fsp3) is 0.100. The quantitative estimate of drug-likeness (QED) is 0.314. The van der Waals surface area contributed by atoms with Gasteiger partial charge >= 0.3 is 6.16 Å². The van der Waals surface area contributed by atoms with Gasteiger partial charge in [-0.1, -0.05) is 48.0 Å². The highest BCUT2D eigenvalue weighted by atomic mass is 35.5. The second-order valence-electron chi connectivity index (χ2n) is 5.30. The number of ether oxygens (including phenoxy) is 2. The van der Waals surface area contributed by atoms with Crippen molar-refractivity contribution in [3.8, 4) is 5.75 Å². The Hall–Kier alpha value is -2.50. The van der Waals surface area contributed by atoms with Crippen LogP contribution < -0.4 is 4.74 Å². The van der Waals surface area contributed by atoms with Gasteiger partial charge in [-0.15, -0.1) is 0 Å². The van der Waals surface area contributed by atoms with Gasteiger partial charge in [0, 0.05) is 20.9 Å². The Bertz CT molecular complexity index is 966. The molecule has 6 heteroatoms. The van der Waals surface area contributed by atoms with E-state index in [0.29, 0.717) is 26.6 Å². The van der Waals surface area contributed by atoms with Crippen molar-refractivity contribution < 1.29 is 19.1 Å². The molecule has 0 unspecified atom stereocenters. The van der Waals surface area contributed by atoms with Crippen LogP contribution in [0.3, 0.4) is 0 Å². The maximum absolute atomic E-state index is 12.6. The second kappa shape index (κ2) is 8.25. The number of fused-ring (bicyclic) bond motifs is 1. The van der Waals surface area contributed by atoms with E-state index in [9.17, 15) is 9.59 Å². The van der Waals surface area contributed by atoms with Gasteiger partial charge in [-0.2, -0.15) is 0 Å². The van der Waals surface area contributed by atoms with Crippen molar-refractivity contribution in [3.63, 3.8) is 0 Å². The van der Waals surface area contributed by atoms with Crippen LogP contribution in [0, 0.1) is 0 Å². The molecule has 0 saturated heterocycles. The molecule has 0 aliphatic carbocycles. The lowest BCUT2D eigenvalue weighted by molar-refractivity contribution is 0.104. The predicted octanol–water partition coefficient (Wildman–Crippen LogP) is 5.96. The Labute approximate surface area is 160 Å². The first-order valence-electron chi connectivity index (χ1n) is 7.92. The minimum atomic E-state index is -0.777. The third kappa shape index (κ3) is 4.18. The van der Waals surface area contributed by atoms with Crippen molar-refractivity contribution >= 4 is 45.4 Å². The zero-order chi connectivity index (χ0) is 18.5. The van der Waals surface area contributed by atoms with Crippen molar-refractivity contribution in [2.45, 2.75) is 11.8 Å². The van der Waals surface area contributed by atoms with E-state index in [-0.39, 0.29) is 11.7 Å². The van der Waals surface area contributed by atoms with Crippen molar-refractivity contribution in [2.24, 2.45) is 0 Å². The molecule has 0 atom stereocenters. The summed E-state index contributed by atoms with van der Waals surface area (Å²) < 4.78 is 10.2. The molecule has 0 aromatic heterocycles. The summed E-state index contributed by atoms with van der Waals surface area (Å²) in [5, 5.41) is 1.89. The Balaban J connectivity index is 1.97. The van der Waals surface area contributed by atoms with Crippen LogP contribution in [0.15, 0.2) is 65.6 Å². The first-order valence-corrected chi connectivity index (χ1v) is 9.12. The van der Waals surface area contributed by atoms with Crippen LogP contribution in [-0.4, -0.2) is 17.9 Å². The van der Waals surface area contributed by atoms with Crippen molar-refractivity contribution in [1.29, 1.82) is 0 Å². The molecule has 0 N–H and O–H groups in total. The summed E-state index contributed by atoms with van der Waals surface area (Å²) in [6.07, 6.45) is -0.777. The molecule has 0 aliphatic heterocycles. The highest BCUT2D eigenvalue weighted by molar-refractivity contribution is 8.14. The van der Waals surface area contributed by atoms with Gasteiger partial charge in [-0.25, -0.2) is 4.79 Å². The van der Waals surface area contributed by atoms with Gasteiger partial charge in [-0.05, 0) is 48.3 Å². The largest absolute Gasteiger partial charge is 0.513 e. The van der Waals surface area contributed by atoms with E-state index in [0.717, 1.165) is 17.1 Å². The number of thioether (sulfide) groups is 1. The van der Waals surface area contributed by atoms with E-state index >= 15 is 0 Å². The Morgan fingerprint density at radius 2 is 1.77 bits per heavy atom. The molecule has 3 rings (SSSR count). The summed E-state index contributed by atoms with van der Waals surface area (Å²) in [7, 11) is 0. The highest BCUT2D eigenvalue weighted by Gasteiger charge is 2.16. The summed E-state index contributed by atoms with van der Waals surface area (Å²) in [6.45, 7) is 1.92. The fourth-order valence-electron chi connectivity index (χ4n) is 2.45. The predicted molar refractivity (Wildman–Crippen MR) is 103 cm³/mol. The normalized spacial score (nSPS) is 10.5. The van der Waals surface area contributed by atoms with Crippen LogP contribution >= 0.6 is 23.4 Å². The SMILES string of the molecule is CCOC(=O)Oc1cccc2cccc(SC(=O)c3cccc(Cl)c3)c12. The number of hydrogen-bond acceptors (Lipinski definition) is 5. The van der Waals surface area contributed by atoms with E-state index in [1.165, 1.54) is 0 Å². The maximum atomic E-state index is 12.6. The molecule has 4 nitrogen and oxygen atoms in total. The van der Waals surface area contributed by atoms with E-state index in [1.807, 2.05) is 24.3 Å². The van der Waals surface area contributed by atoms with Gasteiger partial charge in [-0.3, -0.25) is 4.79 Å². The Morgan fingerprint density at radius 1 is 1.04 bits per heavy atom. The van der Waals surface area contributed by atoms with Crippen LogP contribution in [0.2, 0.25) is 5.02 Å². The number of benzene rings is 3. The average molecular weight is 387 g/mol. The van der Waals surface area contributed by atoms with Gasteiger partial charge in [0.25, 0.3) is 0 Å². The lowest BCUT2D eigenvalue weighted by atomic mass is 10.1. The third-order valence-electron chi connectivity index (χ3n) is 3.55. The molecule has 26 heavy (non-hydrogen) atoms. The molecule has 0 aliphatic rings. The first kappa shape index (κ1) is 18.3. The van der Waals surface area contributed by atoms with Crippen LogP contribution in [0.25, 0.3) is 10.8 Å². The molecule has 0 fully saturated rings. The van der Waals surface area contributed by atoms with Crippen LogP contribution in [-0.2, 0) is 4.74 Å². The lowest BCUT2D eigenvalue weighted by Gasteiger charge is -2.11. The monoisotopic (exact) mass is 386 g/mol. The number of carbonyl (C=O) groups excluding carboxylic acids is 2. The van der Waals surface area contributed by atoms with Gasteiger partial charge < -0.3 is 9.47 Å². The van der Waals surface area contributed by atoms with Crippen molar-refractivity contribution in [2.75, 3.05) is 6.61 Å². The van der Waals surface area contributed by atoms with E-state index in [1.54, 1.807) is 43.3 Å². The maximum Gasteiger partial charge on any atom is 0.513 e. The van der Waals surface area contributed by atoms with E-state index < -0.39 is 6.16 Å². The molecule has 3 aromatic carbocycles. The van der Waals surface area contributed by atoms with Crippen LogP contribution in [0.4, 0.5) is 4.79 Å². The smallest absolute Gasteiger partial charge is 0.434 e.